The largest absolute Gasteiger partial charge is 0.396 e. The first-order chi connectivity index (χ1) is 11.1. The average Bonchev–Trinajstić information content (AvgIpc) is 2.56. The number of aliphatic hydroxyl groups is 1. The lowest BCUT2D eigenvalue weighted by molar-refractivity contribution is 0.154. The maximum absolute atomic E-state index is 12.0. The fourth-order valence-electron chi connectivity index (χ4n) is 3.73. The van der Waals surface area contributed by atoms with Gasteiger partial charge in [0.2, 0.25) is 0 Å². The smallest absolute Gasteiger partial charge is 0.315 e. The summed E-state index contributed by atoms with van der Waals surface area (Å²) in [5, 5.41) is 15.2. The van der Waals surface area contributed by atoms with Crippen LogP contribution >= 0.6 is 0 Å². The Morgan fingerprint density at radius 1 is 1.13 bits per heavy atom. The monoisotopic (exact) mass is 325 g/mol. The molecule has 0 aromatic carbocycles. The van der Waals surface area contributed by atoms with Crippen molar-refractivity contribution in [1.82, 2.24) is 15.5 Å². The summed E-state index contributed by atoms with van der Waals surface area (Å²) in [5.74, 6) is 0.982. The molecule has 2 rings (SSSR count). The first-order valence-electron chi connectivity index (χ1n) is 9.48. The Morgan fingerprint density at radius 2 is 1.78 bits per heavy atom. The lowest BCUT2D eigenvalue weighted by Crippen LogP contribution is -2.51. The van der Waals surface area contributed by atoms with Crippen LogP contribution in [0.15, 0.2) is 0 Å². The number of carbonyl (C=O) groups is 1. The summed E-state index contributed by atoms with van der Waals surface area (Å²) < 4.78 is 0. The number of hydrogen-bond donors (Lipinski definition) is 3. The Kier molecular flexibility index (Phi) is 7.63. The number of likely N-dealkylation sites (tertiary alicyclic amines) is 1. The van der Waals surface area contributed by atoms with E-state index in [-0.39, 0.29) is 30.6 Å². The highest BCUT2D eigenvalue weighted by atomic mass is 16.3. The molecule has 1 aliphatic carbocycles. The third kappa shape index (κ3) is 6.30. The summed E-state index contributed by atoms with van der Waals surface area (Å²) in [6.45, 7) is 7.43. The Bertz CT molecular complexity index is 350. The second kappa shape index (κ2) is 9.48. The van der Waals surface area contributed by atoms with Gasteiger partial charge in [-0.3, -0.25) is 0 Å². The van der Waals surface area contributed by atoms with Crippen LogP contribution in [-0.2, 0) is 0 Å². The molecule has 0 aromatic rings. The first-order valence-corrected chi connectivity index (χ1v) is 9.48. The van der Waals surface area contributed by atoms with Gasteiger partial charge in [-0.15, -0.1) is 0 Å². The van der Waals surface area contributed by atoms with E-state index in [1.807, 2.05) is 13.8 Å². The molecule has 1 saturated heterocycles. The van der Waals surface area contributed by atoms with E-state index in [0.29, 0.717) is 0 Å². The molecule has 2 atom stereocenters. The molecule has 0 radical (unpaired) electrons. The van der Waals surface area contributed by atoms with E-state index in [9.17, 15) is 4.79 Å². The molecule has 3 N–H and O–H groups in total. The molecule has 2 fully saturated rings. The summed E-state index contributed by atoms with van der Waals surface area (Å²) in [4.78, 5) is 14.6. The maximum Gasteiger partial charge on any atom is 0.315 e. The molecule has 23 heavy (non-hydrogen) atoms. The lowest BCUT2D eigenvalue weighted by atomic mass is 9.88. The Morgan fingerprint density at radius 3 is 2.39 bits per heavy atom. The van der Waals surface area contributed by atoms with Crippen molar-refractivity contribution in [2.45, 2.75) is 70.9 Å². The van der Waals surface area contributed by atoms with Crippen LogP contribution in [0.5, 0.6) is 0 Å². The van der Waals surface area contributed by atoms with Crippen molar-refractivity contribution < 1.29 is 9.90 Å². The van der Waals surface area contributed by atoms with Crippen molar-refractivity contribution >= 4 is 6.03 Å². The van der Waals surface area contributed by atoms with Crippen LogP contribution in [0.1, 0.15) is 58.8 Å². The Balaban J connectivity index is 1.63. The quantitative estimate of drug-likeness (QED) is 0.702. The summed E-state index contributed by atoms with van der Waals surface area (Å²) >= 11 is 0. The van der Waals surface area contributed by atoms with Crippen LogP contribution in [0.2, 0.25) is 0 Å². The van der Waals surface area contributed by atoms with Crippen LogP contribution in [-0.4, -0.2) is 54.4 Å². The van der Waals surface area contributed by atoms with E-state index in [0.717, 1.165) is 31.8 Å². The Hall–Kier alpha value is -0.810. The molecule has 134 valence electrons. The number of amides is 2. The molecule has 0 bridgehead atoms. The fourth-order valence-corrected chi connectivity index (χ4v) is 3.73. The minimum absolute atomic E-state index is 0.00797. The highest BCUT2D eigenvalue weighted by molar-refractivity contribution is 5.74. The lowest BCUT2D eigenvalue weighted by Gasteiger charge is -2.35. The standard InChI is InChI=1S/C18H35N3O2/c1-14(13-22)15(2)19-18(23)20-17-8-10-21(11-9-17)12-16-6-4-3-5-7-16/h14-17,22H,3-13H2,1-2H3,(H2,19,20,23). The number of nitrogens with one attached hydrogen (secondary N) is 2. The second-order valence-corrected chi connectivity index (χ2v) is 7.65. The van der Waals surface area contributed by atoms with Gasteiger partial charge < -0.3 is 20.6 Å². The average molecular weight is 325 g/mol. The van der Waals surface area contributed by atoms with Crippen molar-refractivity contribution in [2.75, 3.05) is 26.2 Å². The van der Waals surface area contributed by atoms with Crippen LogP contribution in [0.25, 0.3) is 0 Å². The minimum atomic E-state index is -0.0940. The third-order valence-electron chi connectivity index (χ3n) is 5.66. The van der Waals surface area contributed by atoms with Crippen molar-refractivity contribution in [3.05, 3.63) is 0 Å². The van der Waals surface area contributed by atoms with Crippen molar-refractivity contribution in [1.29, 1.82) is 0 Å². The molecular formula is C18H35N3O2. The molecule has 2 aliphatic rings. The zero-order chi connectivity index (χ0) is 16.7. The van der Waals surface area contributed by atoms with E-state index in [1.165, 1.54) is 38.6 Å². The maximum atomic E-state index is 12.0. The van der Waals surface area contributed by atoms with E-state index >= 15 is 0 Å². The van der Waals surface area contributed by atoms with E-state index < -0.39 is 0 Å². The van der Waals surface area contributed by atoms with E-state index in [1.54, 1.807) is 0 Å². The predicted molar refractivity (Wildman–Crippen MR) is 93.4 cm³/mol. The first kappa shape index (κ1) is 18.5. The van der Waals surface area contributed by atoms with Gasteiger partial charge in [-0.25, -0.2) is 4.79 Å². The number of rotatable bonds is 6. The molecule has 0 aromatic heterocycles. The SMILES string of the molecule is CC(CO)C(C)NC(=O)NC1CCN(CC2CCCCC2)CC1. The zero-order valence-electron chi connectivity index (χ0n) is 14.9. The van der Waals surface area contributed by atoms with Crippen molar-refractivity contribution in [3.63, 3.8) is 0 Å². The molecule has 2 unspecified atom stereocenters. The molecule has 5 heteroatoms. The van der Waals surface area contributed by atoms with Gasteiger partial charge in [-0.1, -0.05) is 26.2 Å². The third-order valence-corrected chi connectivity index (χ3v) is 5.66. The van der Waals surface area contributed by atoms with Gasteiger partial charge in [0.1, 0.15) is 0 Å². The summed E-state index contributed by atoms with van der Waals surface area (Å²) in [5.41, 5.74) is 0. The molecular weight excluding hydrogens is 290 g/mol. The molecule has 1 aliphatic heterocycles. The second-order valence-electron chi connectivity index (χ2n) is 7.65. The number of piperidine rings is 1. The topological polar surface area (TPSA) is 64.6 Å². The molecule has 1 saturated carbocycles. The zero-order valence-corrected chi connectivity index (χ0v) is 14.9. The van der Waals surface area contributed by atoms with Gasteiger partial charge in [-0.05, 0) is 44.4 Å². The number of nitrogens with zero attached hydrogens (tertiary/aromatic N) is 1. The van der Waals surface area contributed by atoms with Gasteiger partial charge >= 0.3 is 6.03 Å². The predicted octanol–water partition coefficient (Wildman–Crippen LogP) is 2.35. The molecule has 2 amide bonds. The Labute approximate surface area is 141 Å². The van der Waals surface area contributed by atoms with Gasteiger partial charge in [-0.2, -0.15) is 0 Å². The van der Waals surface area contributed by atoms with E-state index in [4.69, 9.17) is 5.11 Å². The van der Waals surface area contributed by atoms with Gasteiger partial charge in [0, 0.05) is 38.3 Å². The molecule has 1 heterocycles. The van der Waals surface area contributed by atoms with Gasteiger partial charge in [0.05, 0.1) is 0 Å². The number of urea groups is 1. The van der Waals surface area contributed by atoms with Crippen LogP contribution in [0, 0.1) is 11.8 Å². The fraction of sp³-hybridized carbons (Fsp3) is 0.944. The van der Waals surface area contributed by atoms with Crippen LogP contribution in [0.4, 0.5) is 4.79 Å². The molecule has 5 nitrogen and oxygen atoms in total. The van der Waals surface area contributed by atoms with Crippen LogP contribution < -0.4 is 10.6 Å². The van der Waals surface area contributed by atoms with E-state index in [2.05, 4.69) is 15.5 Å². The number of hydrogen-bond acceptors (Lipinski definition) is 3. The summed E-state index contributed by atoms with van der Waals surface area (Å²) in [6.07, 6.45) is 9.14. The van der Waals surface area contributed by atoms with Crippen molar-refractivity contribution in [3.8, 4) is 0 Å². The highest BCUT2D eigenvalue weighted by Gasteiger charge is 2.24. The molecule has 0 spiro atoms. The van der Waals surface area contributed by atoms with Gasteiger partial charge in [0.25, 0.3) is 0 Å². The van der Waals surface area contributed by atoms with Crippen LogP contribution in [0.3, 0.4) is 0 Å². The normalized spacial score (nSPS) is 24.1. The summed E-state index contributed by atoms with van der Waals surface area (Å²) in [7, 11) is 0. The van der Waals surface area contributed by atoms with Crippen molar-refractivity contribution in [2.24, 2.45) is 11.8 Å². The number of carbonyl (C=O) groups excluding carboxylic acids is 1. The summed E-state index contributed by atoms with van der Waals surface area (Å²) in [6, 6.07) is 0.184. The van der Waals surface area contributed by atoms with Gasteiger partial charge in [0.15, 0.2) is 0 Å². The minimum Gasteiger partial charge on any atom is -0.396 e. The highest BCUT2D eigenvalue weighted by Crippen LogP contribution is 2.25. The number of aliphatic hydroxyl groups excluding tert-OH is 1.